The van der Waals surface area contributed by atoms with Crippen molar-refractivity contribution in [2.75, 3.05) is 33.9 Å². The Morgan fingerprint density at radius 3 is 2.46 bits per heavy atom. The van der Waals surface area contributed by atoms with E-state index in [4.69, 9.17) is 9.47 Å². The summed E-state index contributed by atoms with van der Waals surface area (Å²) in [5, 5.41) is 0. The number of methoxy groups -OCH3 is 2. The summed E-state index contributed by atoms with van der Waals surface area (Å²) in [5.41, 5.74) is 0.651. The zero-order valence-corrected chi connectivity index (χ0v) is 16.8. The van der Waals surface area contributed by atoms with Gasteiger partial charge in [0.25, 0.3) is 5.91 Å². The van der Waals surface area contributed by atoms with E-state index in [0.29, 0.717) is 23.4 Å². The maximum absolute atomic E-state index is 13.4. The molecule has 4 atom stereocenters. The maximum atomic E-state index is 13.4. The highest BCUT2D eigenvalue weighted by atomic mass is 16.5. The van der Waals surface area contributed by atoms with Crippen LogP contribution >= 0.6 is 0 Å². The number of hydrogen-bond acceptors (Lipinski definition) is 5. The number of nitrogens with zero attached hydrogens (tertiary/aromatic N) is 2. The average molecular weight is 386 g/mol. The first kappa shape index (κ1) is 19.2. The largest absolute Gasteiger partial charge is 0.497 e. The number of piperidine rings is 3. The standard InChI is InChI=1S/C22H30N2O4/c1-27-17-9-7-15(8-10-17)22(26)24-14-16-5-3-11-23-12-4-6-18(21(16)23)19(24)13-20(25)28-2/h7-10,16,18-19,21H,3-6,11-14H2,1-2H3/t16-,18+,19+,21-/m0/s1. The van der Waals surface area contributed by atoms with Crippen LogP contribution in [0.25, 0.3) is 0 Å². The molecule has 3 aliphatic heterocycles. The highest BCUT2D eigenvalue weighted by Gasteiger charge is 2.50. The van der Waals surface area contributed by atoms with Gasteiger partial charge < -0.3 is 14.4 Å². The first-order chi connectivity index (χ1) is 13.6. The molecule has 3 heterocycles. The van der Waals surface area contributed by atoms with E-state index in [1.165, 1.54) is 13.5 Å². The summed E-state index contributed by atoms with van der Waals surface area (Å²) in [5.74, 6) is 1.35. The van der Waals surface area contributed by atoms with Gasteiger partial charge in [-0.2, -0.15) is 0 Å². The number of amides is 1. The van der Waals surface area contributed by atoms with Crippen LogP contribution in [0.3, 0.4) is 0 Å². The van der Waals surface area contributed by atoms with Gasteiger partial charge in [-0.25, -0.2) is 0 Å². The highest BCUT2D eigenvalue weighted by molar-refractivity contribution is 5.95. The van der Waals surface area contributed by atoms with Gasteiger partial charge in [0.2, 0.25) is 0 Å². The number of benzene rings is 1. The van der Waals surface area contributed by atoms with Gasteiger partial charge in [-0.15, -0.1) is 0 Å². The molecule has 28 heavy (non-hydrogen) atoms. The Labute approximate surface area is 166 Å². The summed E-state index contributed by atoms with van der Waals surface area (Å²) in [6, 6.07) is 7.67. The molecule has 4 rings (SSSR count). The molecule has 0 radical (unpaired) electrons. The van der Waals surface area contributed by atoms with E-state index < -0.39 is 0 Å². The molecule has 0 N–H and O–H groups in total. The van der Waals surface area contributed by atoms with E-state index in [1.54, 1.807) is 7.11 Å². The van der Waals surface area contributed by atoms with E-state index in [1.807, 2.05) is 29.2 Å². The smallest absolute Gasteiger partial charge is 0.307 e. The lowest BCUT2D eigenvalue weighted by molar-refractivity contribution is -0.144. The first-order valence-corrected chi connectivity index (χ1v) is 10.4. The number of ether oxygens (including phenoxy) is 2. The summed E-state index contributed by atoms with van der Waals surface area (Å²) >= 11 is 0. The van der Waals surface area contributed by atoms with Crippen LogP contribution in [-0.4, -0.2) is 67.6 Å². The third-order valence-electron chi connectivity index (χ3n) is 6.87. The second-order valence-corrected chi connectivity index (χ2v) is 8.27. The van der Waals surface area contributed by atoms with Crippen molar-refractivity contribution in [3.63, 3.8) is 0 Å². The zero-order valence-electron chi connectivity index (χ0n) is 16.8. The summed E-state index contributed by atoms with van der Waals surface area (Å²) in [7, 11) is 3.04. The van der Waals surface area contributed by atoms with Crippen LogP contribution in [0.1, 0.15) is 42.5 Å². The SMILES string of the molecule is COC(=O)C[C@@H]1[C@H]2CCCN3CCC[C@@H](CN1C(=O)c1ccc(OC)cc1)[C@@H]23. The van der Waals surface area contributed by atoms with Crippen LogP contribution in [0, 0.1) is 11.8 Å². The minimum atomic E-state index is -0.232. The molecule has 0 aliphatic carbocycles. The number of likely N-dealkylation sites (tertiary alicyclic amines) is 1. The second-order valence-electron chi connectivity index (χ2n) is 8.27. The van der Waals surface area contributed by atoms with E-state index in [9.17, 15) is 9.59 Å². The summed E-state index contributed by atoms with van der Waals surface area (Å²) < 4.78 is 10.2. The Morgan fingerprint density at radius 1 is 1.07 bits per heavy atom. The Kier molecular flexibility index (Phi) is 5.58. The third-order valence-corrected chi connectivity index (χ3v) is 6.87. The topological polar surface area (TPSA) is 59.1 Å². The molecule has 6 nitrogen and oxygen atoms in total. The van der Waals surface area contributed by atoms with E-state index in [-0.39, 0.29) is 24.3 Å². The molecule has 0 saturated carbocycles. The van der Waals surface area contributed by atoms with Crippen LogP contribution in [0.5, 0.6) is 5.75 Å². The number of carbonyl (C=O) groups is 2. The molecular weight excluding hydrogens is 356 g/mol. The molecule has 0 aromatic heterocycles. The minimum Gasteiger partial charge on any atom is -0.497 e. The highest BCUT2D eigenvalue weighted by Crippen LogP contribution is 2.43. The molecule has 3 saturated heterocycles. The quantitative estimate of drug-likeness (QED) is 0.745. The molecule has 0 unspecified atom stereocenters. The van der Waals surface area contributed by atoms with Gasteiger partial charge in [-0.05, 0) is 74.9 Å². The normalized spacial score (nSPS) is 29.7. The van der Waals surface area contributed by atoms with Gasteiger partial charge in [0.1, 0.15) is 5.75 Å². The van der Waals surface area contributed by atoms with Crippen molar-refractivity contribution < 1.29 is 19.1 Å². The van der Waals surface area contributed by atoms with Crippen molar-refractivity contribution in [1.82, 2.24) is 9.80 Å². The Bertz CT molecular complexity index is 718. The van der Waals surface area contributed by atoms with Gasteiger partial charge >= 0.3 is 5.97 Å². The Hall–Kier alpha value is -2.08. The van der Waals surface area contributed by atoms with Crippen molar-refractivity contribution in [1.29, 1.82) is 0 Å². The molecule has 3 aliphatic rings. The summed E-state index contributed by atoms with van der Waals surface area (Å²) in [4.78, 5) is 30.2. The van der Waals surface area contributed by atoms with Crippen LogP contribution in [-0.2, 0) is 9.53 Å². The predicted octanol–water partition coefficient (Wildman–Crippen LogP) is 2.57. The van der Waals surface area contributed by atoms with Crippen LogP contribution in [0.4, 0.5) is 0 Å². The molecule has 152 valence electrons. The molecule has 0 bridgehead atoms. The average Bonchev–Trinajstić information content (AvgIpc) is 2.75. The lowest BCUT2D eigenvalue weighted by atomic mass is 9.69. The van der Waals surface area contributed by atoms with Crippen LogP contribution in [0.15, 0.2) is 24.3 Å². The van der Waals surface area contributed by atoms with E-state index in [0.717, 1.165) is 44.6 Å². The van der Waals surface area contributed by atoms with Gasteiger partial charge in [-0.3, -0.25) is 14.5 Å². The summed E-state index contributed by atoms with van der Waals surface area (Å²) in [6.07, 6.45) is 4.84. The lowest BCUT2D eigenvalue weighted by Crippen LogP contribution is -2.65. The number of carbonyl (C=O) groups excluding carboxylic acids is 2. The molecule has 1 aromatic rings. The fourth-order valence-corrected chi connectivity index (χ4v) is 5.64. The van der Waals surface area contributed by atoms with Crippen LogP contribution < -0.4 is 4.74 Å². The molecule has 6 heteroatoms. The monoisotopic (exact) mass is 386 g/mol. The maximum Gasteiger partial charge on any atom is 0.307 e. The number of esters is 1. The Balaban J connectivity index is 1.64. The van der Waals surface area contributed by atoms with Gasteiger partial charge in [-0.1, -0.05) is 0 Å². The van der Waals surface area contributed by atoms with Crippen molar-refractivity contribution in [3.8, 4) is 5.75 Å². The first-order valence-electron chi connectivity index (χ1n) is 10.4. The molecule has 3 fully saturated rings. The zero-order chi connectivity index (χ0) is 19.7. The molecule has 0 spiro atoms. The third kappa shape index (κ3) is 3.50. The van der Waals surface area contributed by atoms with Crippen molar-refractivity contribution >= 4 is 11.9 Å². The van der Waals surface area contributed by atoms with Crippen molar-refractivity contribution in [2.45, 2.75) is 44.2 Å². The number of hydrogen-bond donors (Lipinski definition) is 0. The van der Waals surface area contributed by atoms with Gasteiger partial charge in [0, 0.05) is 24.2 Å². The summed E-state index contributed by atoms with van der Waals surface area (Å²) in [6.45, 7) is 3.02. The van der Waals surface area contributed by atoms with Crippen molar-refractivity contribution in [3.05, 3.63) is 29.8 Å². The second kappa shape index (κ2) is 8.11. The van der Waals surface area contributed by atoms with Crippen LogP contribution in [0.2, 0.25) is 0 Å². The fraction of sp³-hybridized carbons (Fsp3) is 0.636. The molecule has 1 aromatic carbocycles. The van der Waals surface area contributed by atoms with Gasteiger partial charge in [0.15, 0.2) is 0 Å². The molecular formula is C22H30N2O4. The predicted molar refractivity (Wildman–Crippen MR) is 105 cm³/mol. The van der Waals surface area contributed by atoms with Gasteiger partial charge in [0.05, 0.1) is 20.6 Å². The van der Waals surface area contributed by atoms with E-state index in [2.05, 4.69) is 4.90 Å². The minimum absolute atomic E-state index is 0.0118. The van der Waals surface area contributed by atoms with E-state index >= 15 is 0 Å². The lowest BCUT2D eigenvalue weighted by Gasteiger charge is -2.57. The number of rotatable bonds is 4. The van der Waals surface area contributed by atoms with Crippen molar-refractivity contribution in [2.24, 2.45) is 11.8 Å². The Morgan fingerprint density at radius 2 is 1.79 bits per heavy atom. The molecule has 1 amide bonds. The fourth-order valence-electron chi connectivity index (χ4n) is 5.64.